The summed E-state index contributed by atoms with van der Waals surface area (Å²) in [7, 11) is 1.95. The second-order valence-electron chi connectivity index (χ2n) is 8.56. The first kappa shape index (κ1) is 22.2. The van der Waals surface area contributed by atoms with E-state index >= 15 is 0 Å². The van der Waals surface area contributed by atoms with Crippen molar-refractivity contribution in [2.45, 2.75) is 51.6 Å². The molecule has 0 aliphatic carbocycles. The van der Waals surface area contributed by atoms with Crippen LogP contribution in [0.15, 0.2) is 24.5 Å². The van der Waals surface area contributed by atoms with Gasteiger partial charge in [0.2, 0.25) is 5.91 Å². The summed E-state index contributed by atoms with van der Waals surface area (Å²) in [5.41, 5.74) is 1.32. The number of ether oxygens (including phenoxy) is 1. The highest BCUT2D eigenvalue weighted by Gasteiger charge is 2.34. The fourth-order valence-corrected chi connectivity index (χ4v) is 4.68. The van der Waals surface area contributed by atoms with Crippen LogP contribution in [0.5, 0.6) is 0 Å². The minimum atomic E-state index is 0.297. The molecule has 0 spiro atoms. The molecule has 2 saturated heterocycles. The molecule has 2 aliphatic heterocycles. The number of likely N-dealkylation sites (tertiary alicyclic amines) is 1. The number of morpholine rings is 1. The summed E-state index contributed by atoms with van der Waals surface area (Å²) >= 11 is 0. The molecule has 2 aliphatic rings. The minimum Gasteiger partial charge on any atom is -0.379 e. The van der Waals surface area contributed by atoms with E-state index in [0.717, 1.165) is 71.7 Å². The smallest absolute Gasteiger partial charge is 0.222 e. The van der Waals surface area contributed by atoms with Crippen molar-refractivity contribution >= 4 is 5.91 Å². The van der Waals surface area contributed by atoms with Crippen LogP contribution in [0.25, 0.3) is 0 Å². The van der Waals surface area contributed by atoms with E-state index in [4.69, 9.17) is 4.74 Å². The molecule has 0 N–H and O–H groups in total. The molecule has 0 bridgehead atoms. The van der Waals surface area contributed by atoms with Crippen molar-refractivity contribution in [3.8, 4) is 0 Å². The van der Waals surface area contributed by atoms with Gasteiger partial charge >= 0.3 is 0 Å². The van der Waals surface area contributed by atoms with Gasteiger partial charge in [0.15, 0.2) is 0 Å². The van der Waals surface area contributed by atoms with E-state index in [2.05, 4.69) is 33.8 Å². The second kappa shape index (κ2) is 11.6. The predicted molar refractivity (Wildman–Crippen MR) is 116 cm³/mol. The number of piperidine rings is 1. The van der Waals surface area contributed by atoms with Crippen LogP contribution in [0.4, 0.5) is 0 Å². The molecule has 1 aromatic rings. The van der Waals surface area contributed by atoms with Gasteiger partial charge in [0.1, 0.15) is 0 Å². The highest BCUT2D eigenvalue weighted by Crippen LogP contribution is 2.28. The van der Waals surface area contributed by atoms with Crippen LogP contribution in [0, 0.1) is 5.92 Å². The Morgan fingerprint density at radius 3 is 2.72 bits per heavy atom. The molecule has 0 aromatic carbocycles. The van der Waals surface area contributed by atoms with Gasteiger partial charge in [0.05, 0.1) is 13.2 Å². The predicted octanol–water partition coefficient (Wildman–Crippen LogP) is 2.64. The van der Waals surface area contributed by atoms with E-state index in [1.165, 1.54) is 12.0 Å². The first-order valence-corrected chi connectivity index (χ1v) is 11.3. The van der Waals surface area contributed by atoms with Crippen LogP contribution >= 0.6 is 0 Å². The third-order valence-electron chi connectivity index (χ3n) is 6.45. The van der Waals surface area contributed by atoms with Crippen LogP contribution in [0.3, 0.4) is 0 Å². The third kappa shape index (κ3) is 6.76. The van der Waals surface area contributed by atoms with Crippen molar-refractivity contribution in [2.75, 3.05) is 53.0 Å². The van der Waals surface area contributed by atoms with Gasteiger partial charge in [0.25, 0.3) is 0 Å². The van der Waals surface area contributed by atoms with Gasteiger partial charge in [-0.25, -0.2) is 0 Å². The Labute approximate surface area is 176 Å². The van der Waals surface area contributed by atoms with E-state index in [-0.39, 0.29) is 0 Å². The summed E-state index contributed by atoms with van der Waals surface area (Å²) in [6.07, 6.45) is 8.77. The Kier molecular flexibility index (Phi) is 8.90. The monoisotopic (exact) mass is 402 g/mol. The Hall–Kier alpha value is -1.50. The average Bonchev–Trinajstić information content (AvgIpc) is 2.77. The lowest BCUT2D eigenvalue weighted by Crippen LogP contribution is -2.54. The maximum absolute atomic E-state index is 12.6. The van der Waals surface area contributed by atoms with Crippen LogP contribution in [-0.2, 0) is 16.1 Å². The molecule has 29 heavy (non-hydrogen) atoms. The molecular weight excluding hydrogens is 364 g/mol. The van der Waals surface area contributed by atoms with Gasteiger partial charge < -0.3 is 9.64 Å². The number of amides is 1. The molecule has 1 amide bonds. The molecular formula is C23H38N4O2. The van der Waals surface area contributed by atoms with Crippen LogP contribution in [0.1, 0.15) is 44.6 Å². The number of carbonyl (C=O) groups excluding carboxylic acids is 1. The van der Waals surface area contributed by atoms with E-state index < -0.39 is 0 Å². The molecule has 2 fully saturated rings. The lowest BCUT2D eigenvalue weighted by Gasteiger charge is -2.45. The van der Waals surface area contributed by atoms with Crippen LogP contribution in [0.2, 0.25) is 0 Å². The van der Waals surface area contributed by atoms with Crippen molar-refractivity contribution in [3.63, 3.8) is 0 Å². The fourth-order valence-electron chi connectivity index (χ4n) is 4.68. The van der Waals surface area contributed by atoms with E-state index in [1.807, 2.05) is 24.3 Å². The number of aromatic nitrogens is 1. The third-order valence-corrected chi connectivity index (χ3v) is 6.45. The van der Waals surface area contributed by atoms with Crippen molar-refractivity contribution in [1.82, 2.24) is 19.7 Å². The number of unbranched alkanes of at least 4 members (excludes halogenated alkanes) is 1. The summed E-state index contributed by atoms with van der Waals surface area (Å²) in [6, 6.07) is 4.78. The van der Waals surface area contributed by atoms with Crippen molar-refractivity contribution in [1.29, 1.82) is 0 Å². The summed E-state index contributed by atoms with van der Waals surface area (Å²) < 4.78 is 5.57. The van der Waals surface area contributed by atoms with Gasteiger partial charge in [-0.1, -0.05) is 13.3 Å². The molecule has 162 valence electrons. The summed E-state index contributed by atoms with van der Waals surface area (Å²) in [6.45, 7) is 9.92. The zero-order chi connectivity index (χ0) is 20.5. The minimum absolute atomic E-state index is 0.297. The Morgan fingerprint density at radius 2 is 2.00 bits per heavy atom. The molecule has 3 heterocycles. The molecule has 0 saturated carbocycles. The van der Waals surface area contributed by atoms with E-state index in [1.54, 1.807) is 0 Å². The number of nitrogens with zero attached hydrogens (tertiary/aromatic N) is 4. The SMILES string of the molecule is CCCCN(C)C(=O)CC[C@H]1CN(Cc2ccncc2)CC[C@H]1N1CCOCC1. The highest BCUT2D eigenvalue weighted by molar-refractivity contribution is 5.75. The fraction of sp³-hybridized carbons (Fsp3) is 0.739. The highest BCUT2D eigenvalue weighted by atomic mass is 16.5. The molecule has 2 atom stereocenters. The topological polar surface area (TPSA) is 48.9 Å². The lowest BCUT2D eigenvalue weighted by atomic mass is 9.86. The largest absolute Gasteiger partial charge is 0.379 e. The number of rotatable bonds is 9. The van der Waals surface area contributed by atoms with Crippen LogP contribution < -0.4 is 0 Å². The number of hydrogen-bond acceptors (Lipinski definition) is 5. The van der Waals surface area contributed by atoms with Crippen LogP contribution in [-0.4, -0.2) is 84.6 Å². The summed E-state index contributed by atoms with van der Waals surface area (Å²) in [5, 5.41) is 0. The van der Waals surface area contributed by atoms with Crippen molar-refractivity contribution in [2.24, 2.45) is 5.92 Å². The molecule has 0 unspecified atom stereocenters. The number of carbonyl (C=O) groups is 1. The van der Waals surface area contributed by atoms with Gasteiger partial charge in [-0.3, -0.25) is 19.6 Å². The van der Waals surface area contributed by atoms with Crippen molar-refractivity contribution < 1.29 is 9.53 Å². The zero-order valence-electron chi connectivity index (χ0n) is 18.3. The standard InChI is InChI=1S/C23H38N4O2/c1-3-4-12-25(2)23(28)6-5-21-19-26(18-20-7-10-24-11-8-20)13-9-22(21)27-14-16-29-17-15-27/h7-8,10-11,21-22H,3-6,9,12-19H2,1-2H3/t21-,22+/m0/s1. The molecule has 0 radical (unpaired) electrons. The second-order valence-corrected chi connectivity index (χ2v) is 8.56. The first-order valence-electron chi connectivity index (χ1n) is 11.3. The Morgan fingerprint density at radius 1 is 1.24 bits per heavy atom. The quantitative estimate of drug-likeness (QED) is 0.636. The Bertz CT molecular complexity index is 606. The van der Waals surface area contributed by atoms with Gasteiger partial charge in [0, 0.05) is 64.6 Å². The Balaban J connectivity index is 1.59. The summed E-state index contributed by atoms with van der Waals surface area (Å²) in [4.78, 5) is 23.8. The number of hydrogen-bond donors (Lipinski definition) is 0. The molecule has 6 heteroatoms. The lowest BCUT2D eigenvalue weighted by molar-refractivity contribution is -0.130. The van der Waals surface area contributed by atoms with Gasteiger partial charge in [-0.15, -0.1) is 0 Å². The van der Waals surface area contributed by atoms with Crippen molar-refractivity contribution in [3.05, 3.63) is 30.1 Å². The number of pyridine rings is 1. The zero-order valence-corrected chi connectivity index (χ0v) is 18.3. The van der Waals surface area contributed by atoms with Gasteiger partial charge in [-0.2, -0.15) is 0 Å². The van der Waals surface area contributed by atoms with E-state index in [9.17, 15) is 4.79 Å². The summed E-state index contributed by atoms with van der Waals surface area (Å²) in [5.74, 6) is 0.831. The maximum atomic E-state index is 12.6. The molecule has 6 nitrogen and oxygen atoms in total. The molecule has 3 rings (SSSR count). The van der Waals surface area contributed by atoms with Gasteiger partial charge in [-0.05, 0) is 49.4 Å². The first-order chi connectivity index (χ1) is 14.2. The average molecular weight is 403 g/mol. The molecule has 1 aromatic heterocycles. The van der Waals surface area contributed by atoms with E-state index in [0.29, 0.717) is 24.3 Å². The maximum Gasteiger partial charge on any atom is 0.222 e. The normalized spacial score (nSPS) is 23.8.